The third kappa shape index (κ3) is 3.52. The van der Waals surface area contributed by atoms with Crippen LogP contribution in [-0.4, -0.2) is 30.9 Å². The van der Waals surface area contributed by atoms with Gasteiger partial charge in [-0.1, -0.05) is 30.3 Å². The molecule has 2 aromatic rings. The van der Waals surface area contributed by atoms with Crippen molar-refractivity contribution in [3.8, 4) is 0 Å². The Balaban J connectivity index is 1.79. The van der Waals surface area contributed by atoms with Gasteiger partial charge in [-0.05, 0) is 29.8 Å². The molecule has 1 N–H and O–H groups in total. The van der Waals surface area contributed by atoms with E-state index in [1.165, 1.54) is 6.07 Å². The Labute approximate surface area is 145 Å². The highest BCUT2D eigenvalue weighted by Crippen LogP contribution is 2.19. The number of nitrogens with one attached hydrogen (secondary N) is 1. The Morgan fingerprint density at radius 1 is 1.08 bits per heavy atom. The van der Waals surface area contributed by atoms with Gasteiger partial charge in [-0.3, -0.25) is 9.69 Å². The molecular formula is C19H18FN3O2. The van der Waals surface area contributed by atoms with E-state index in [1.54, 1.807) is 24.3 Å². The molecule has 0 spiro atoms. The van der Waals surface area contributed by atoms with E-state index in [2.05, 4.69) is 5.32 Å². The largest absolute Gasteiger partial charge is 0.378 e. The molecule has 1 aliphatic heterocycles. The summed E-state index contributed by atoms with van der Waals surface area (Å²) in [7, 11) is 3.88. The Bertz CT molecular complexity index is 844. The molecular weight excluding hydrogens is 321 g/mol. The molecule has 1 heterocycles. The lowest BCUT2D eigenvalue weighted by Crippen LogP contribution is -2.30. The van der Waals surface area contributed by atoms with Crippen LogP contribution in [0.1, 0.15) is 11.1 Å². The van der Waals surface area contributed by atoms with Crippen LogP contribution in [0.15, 0.2) is 54.2 Å². The molecule has 0 atom stereocenters. The Kier molecular flexibility index (Phi) is 4.52. The van der Waals surface area contributed by atoms with Crippen LogP contribution < -0.4 is 10.2 Å². The minimum Gasteiger partial charge on any atom is -0.378 e. The number of carbonyl (C=O) groups excluding carboxylic acids is 2. The van der Waals surface area contributed by atoms with Crippen molar-refractivity contribution in [3.05, 3.63) is 71.2 Å². The van der Waals surface area contributed by atoms with Crippen molar-refractivity contribution in [1.82, 2.24) is 10.2 Å². The number of nitrogens with zero attached hydrogens (tertiary/aromatic N) is 2. The van der Waals surface area contributed by atoms with Crippen LogP contribution in [-0.2, 0) is 11.3 Å². The number of rotatable bonds is 4. The van der Waals surface area contributed by atoms with Gasteiger partial charge in [0.15, 0.2) is 0 Å². The average molecular weight is 339 g/mol. The first-order valence-corrected chi connectivity index (χ1v) is 7.81. The van der Waals surface area contributed by atoms with Crippen molar-refractivity contribution in [3.63, 3.8) is 0 Å². The second-order valence-corrected chi connectivity index (χ2v) is 5.96. The maximum atomic E-state index is 13.8. The normalized spacial score (nSPS) is 15.6. The molecule has 25 heavy (non-hydrogen) atoms. The zero-order chi connectivity index (χ0) is 18.0. The lowest BCUT2D eigenvalue weighted by atomic mass is 10.1. The molecule has 128 valence electrons. The summed E-state index contributed by atoms with van der Waals surface area (Å²) >= 11 is 0. The van der Waals surface area contributed by atoms with Gasteiger partial charge in [0.2, 0.25) is 0 Å². The van der Waals surface area contributed by atoms with E-state index in [4.69, 9.17) is 0 Å². The molecule has 3 amide bonds. The second-order valence-electron chi connectivity index (χ2n) is 5.96. The summed E-state index contributed by atoms with van der Waals surface area (Å²) in [6.45, 7) is -0.103. The zero-order valence-electron chi connectivity index (χ0n) is 14.0. The van der Waals surface area contributed by atoms with Gasteiger partial charge in [0.05, 0.1) is 6.54 Å². The van der Waals surface area contributed by atoms with Crippen molar-refractivity contribution >= 4 is 23.7 Å². The molecule has 0 aliphatic carbocycles. The fourth-order valence-corrected chi connectivity index (χ4v) is 2.55. The first kappa shape index (κ1) is 16.7. The first-order valence-electron chi connectivity index (χ1n) is 7.81. The third-order valence-corrected chi connectivity index (χ3v) is 3.97. The first-order chi connectivity index (χ1) is 12.0. The van der Waals surface area contributed by atoms with E-state index >= 15 is 0 Å². The highest BCUT2D eigenvalue weighted by Gasteiger charge is 2.33. The number of benzene rings is 2. The number of hydrogen-bond donors (Lipinski definition) is 1. The molecule has 0 bridgehead atoms. The maximum Gasteiger partial charge on any atom is 0.329 e. The molecule has 5 nitrogen and oxygen atoms in total. The predicted octanol–water partition coefficient (Wildman–Crippen LogP) is 2.98. The molecule has 0 unspecified atom stereocenters. The topological polar surface area (TPSA) is 52.7 Å². The van der Waals surface area contributed by atoms with Crippen LogP contribution in [0.25, 0.3) is 6.08 Å². The summed E-state index contributed by atoms with van der Waals surface area (Å²) in [4.78, 5) is 27.5. The fourth-order valence-electron chi connectivity index (χ4n) is 2.55. The highest BCUT2D eigenvalue weighted by atomic mass is 19.1. The number of amides is 3. The minimum atomic E-state index is -0.551. The summed E-state index contributed by atoms with van der Waals surface area (Å²) in [6.07, 6.45) is 1.61. The standard InChI is InChI=1S/C19H18FN3O2/c1-22(2)15-9-7-13(8-10-15)11-17-18(24)23(19(25)21-17)12-14-5-3-4-6-16(14)20/h3-11H,12H2,1-2H3,(H,21,25)/b17-11+. The number of hydrogen-bond acceptors (Lipinski definition) is 3. The van der Waals surface area contributed by atoms with Crippen molar-refractivity contribution in [1.29, 1.82) is 0 Å². The van der Waals surface area contributed by atoms with Gasteiger partial charge >= 0.3 is 6.03 Å². The van der Waals surface area contributed by atoms with Crippen LogP contribution >= 0.6 is 0 Å². The summed E-state index contributed by atoms with van der Waals surface area (Å²) in [6, 6.07) is 13.1. The van der Waals surface area contributed by atoms with Gasteiger partial charge in [-0.2, -0.15) is 0 Å². The second kappa shape index (κ2) is 6.76. The molecule has 2 aromatic carbocycles. The van der Waals surface area contributed by atoms with E-state index in [0.29, 0.717) is 5.56 Å². The highest BCUT2D eigenvalue weighted by molar-refractivity contribution is 6.13. The van der Waals surface area contributed by atoms with Crippen molar-refractivity contribution < 1.29 is 14.0 Å². The van der Waals surface area contributed by atoms with E-state index in [-0.39, 0.29) is 12.2 Å². The molecule has 6 heteroatoms. The predicted molar refractivity (Wildman–Crippen MR) is 94.2 cm³/mol. The average Bonchev–Trinajstić information content (AvgIpc) is 2.85. The zero-order valence-corrected chi connectivity index (χ0v) is 14.0. The van der Waals surface area contributed by atoms with Gasteiger partial charge in [0, 0.05) is 25.3 Å². The lowest BCUT2D eigenvalue weighted by molar-refractivity contribution is -0.123. The van der Waals surface area contributed by atoms with Crippen molar-refractivity contribution in [2.24, 2.45) is 0 Å². The quantitative estimate of drug-likeness (QED) is 0.688. The molecule has 0 aromatic heterocycles. The van der Waals surface area contributed by atoms with Crippen molar-refractivity contribution in [2.75, 3.05) is 19.0 Å². The summed E-state index contributed by atoms with van der Waals surface area (Å²) < 4.78 is 13.8. The van der Waals surface area contributed by atoms with Crippen molar-refractivity contribution in [2.45, 2.75) is 6.54 Å². The van der Waals surface area contributed by atoms with E-state index in [0.717, 1.165) is 16.2 Å². The summed E-state index contributed by atoms with van der Waals surface area (Å²) in [5.41, 5.74) is 2.30. The Morgan fingerprint density at radius 2 is 1.76 bits per heavy atom. The van der Waals surface area contributed by atoms with Crippen LogP contribution in [0.2, 0.25) is 0 Å². The van der Waals surface area contributed by atoms with Gasteiger partial charge in [-0.15, -0.1) is 0 Å². The number of carbonyl (C=O) groups is 2. The molecule has 0 radical (unpaired) electrons. The monoisotopic (exact) mass is 339 g/mol. The third-order valence-electron chi connectivity index (χ3n) is 3.97. The Hall–Kier alpha value is -3.15. The number of urea groups is 1. The molecule has 1 aliphatic rings. The van der Waals surface area contributed by atoms with Gasteiger partial charge in [0.1, 0.15) is 11.5 Å². The SMILES string of the molecule is CN(C)c1ccc(/C=C2/NC(=O)N(Cc3ccccc3F)C2=O)cc1. The molecule has 1 saturated heterocycles. The number of anilines is 1. The lowest BCUT2D eigenvalue weighted by Gasteiger charge is -2.12. The molecule has 1 fully saturated rings. The fraction of sp³-hybridized carbons (Fsp3) is 0.158. The minimum absolute atomic E-state index is 0.103. The molecule has 0 saturated carbocycles. The van der Waals surface area contributed by atoms with Gasteiger partial charge in [0.25, 0.3) is 5.91 Å². The number of halogens is 1. The van der Waals surface area contributed by atoms with E-state index in [1.807, 2.05) is 43.3 Å². The smallest absolute Gasteiger partial charge is 0.329 e. The van der Waals surface area contributed by atoms with Gasteiger partial charge < -0.3 is 10.2 Å². The van der Waals surface area contributed by atoms with Gasteiger partial charge in [-0.25, -0.2) is 9.18 Å². The summed E-state index contributed by atoms with van der Waals surface area (Å²) in [5.74, 6) is -0.912. The van der Waals surface area contributed by atoms with E-state index < -0.39 is 17.8 Å². The van der Waals surface area contributed by atoms with Crippen LogP contribution in [0.5, 0.6) is 0 Å². The van der Waals surface area contributed by atoms with Crippen LogP contribution in [0.3, 0.4) is 0 Å². The maximum absolute atomic E-state index is 13.8. The Morgan fingerprint density at radius 3 is 2.40 bits per heavy atom. The van der Waals surface area contributed by atoms with E-state index in [9.17, 15) is 14.0 Å². The van der Waals surface area contributed by atoms with Crippen LogP contribution in [0.4, 0.5) is 14.9 Å². The number of imide groups is 1. The molecule has 3 rings (SSSR count). The summed E-state index contributed by atoms with van der Waals surface area (Å²) in [5, 5.41) is 2.54. The van der Waals surface area contributed by atoms with Crippen LogP contribution in [0, 0.1) is 5.82 Å².